The fraction of sp³-hybridized carbons (Fsp3) is 0.467. The minimum atomic E-state index is 0.417. The molecular formula is C15H21N3S. The average molecular weight is 275 g/mol. The van der Waals surface area contributed by atoms with Gasteiger partial charge in [0.2, 0.25) is 5.13 Å². The van der Waals surface area contributed by atoms with Gasteiger partial charge in [-0.1, -0.05) is 43.7 Å². The van der Waals surface area contributed by atoms with Crippen LogP contribution in [0.25, 0.3) is 0 Å². The highest BCUT2D eigenvalue weighted by atomic mass is 32.1. The fourth-order valence-electron chi connectivity index (χ4n) is 1.63. The lowest BCUT2D eigenvalue weighted by molar-refractivity contribution is 0.559. The van der Waals surface area contributed by atoms with Crippen LogP contribution in [0.5, 0.6) is 0 Å². The van der Waals surface area contributed by atoms with Gasteiger partial charge in [-0.2, -0.15) is 4.37 Å². The third-order valence-electron chi connectivity index (χ3n) is 3.30. The maximum Gasteiger partial charge on any atom is 0.202 e. The van der Waals surface area contributed by atoms with E-state index in [1.54, 1.807) is 0 Å². The Labute approximate surface area is 119 Å². The predicted octanol–water partition coefficient (Wildman–Crippen LogP) is 3.89. The number of rotatable bonds is 5. The summed E-state index contributed by atoms with van der Waals surface area (Å²) in [5.41, 5.74) is 2.54. The zero-order valence-electron chi connectivity index (χ0n) is 12.0. The van der Waals surface area contributed by atoms with E-state index in [-0.39, 0.29) is 0 Å². The van der Waals surface area contributed by atoms with E-state index in [0.717, 1.165) is 17.4 Å². The van der Waals surface area contributed by atoms with Gasteiger partial charge < -0.3 is 5.32 Å². The van der Waals surface area contributed by atoms with E-state index < -0.39 is 0 Å². The summed E-state index contributed by atoms with van der Waals surface area (Å²) in [4.78, 5) is 4.55. The Kier molecular flexibility index (Phi) is 4.53. The number of hydrogen-bond acceptors (Lipinski definition) is 4. The van der Waals surface area contributed by atoms with Crippen LogP contribution in [0, 0.1) is 12.8 Å². The molecule has 0 saturated heterocycles. The van der Waals surface area contributed by atoms with Crippen molar-refractivity contribution >= 4 is 16.7 Å². The molecule has 1 heterocycles. The number of nitrogens with zero attached hydrogens (tertiary/aromatic N) is 2. The van der Waals surface area contributed by atoms with Crippen molar-refractivity contribution < 1.29 is 0 Å². The largest absolute Gasteiger partial charge is 0.358 e. The molecule has 1 atom stereocenters. The summed E-state index contributed by atoms with van der Waals surface area (Å²) in [6.45, 7) is 8.67. The van der Waals surface area contributed by atoms with Gasteiger partial charge in [-0.15, -0.1) is 0 Å². The summed E-state index contributed by atoms with van der Waals surface area (Å²) in [6, 6.07) is 8.95. The Morgan fingerprint density at radius 2 is 1.84 bits per heavy atom. The van der Waals surface area contributed by atoms with Crippen LogP contribution in [0.15, 0.2) is 24.3 Å². The Bertz CT molecular complexity index is 516. The molecule has 19 heavy (non-hydrogen) atoms. The zero-order chi connectivity index (χ0) is 13.8. The van der Waals surface area contributed by atoms with Gasteiger partial charge in [0, 0.05) is 24.0 Å². The molecule has 3 nitrogen and oxygen atoms in total. The monoisotopic (exact) mass is 275 g/mol. The highest BCUT2D eigenvalue weighted by Crippen LogP contribution is 2.17. The molecule has 102 valence electrons. The normalized spacial score (nSPS) is 12.7. The second-order valence-electron chi connectivity index (χ2n) is 5.36. The second kappa shape index (κ2) is 6.15. The third kappa shape index (κ3) is 4.03. The van der Waals surface area contributed by atoms with E-state index in [2.05, 4.69) is 66.6 Å². The van der Waals surface area contributed by atoms with Crippen molar-refractivity contribution in [2.75, 3.05) is 5.32 Å². The Balaban J connectivity index is 1.99. The Morgan fingerprint density at radius 1 is 1.16 bits per heavy atom. The minimum absolute atomic E-state index is 0.417. The molecule has 1 unspecified atom stereocenters. The number of benzene rings is 1. The van der Waals surface area contributed by atoms with Crippen molar-refractivity contribution in [3.05, 3.63) is 41.2 Å². The van der Waals surface area contributed by atoms with E-state index >= 15 is 0 Å². The van der Waals surface area contributed by atoms with Crippen molar-refractivity contribution in [2.24, 2.45) is 5.92 Å². The molecule has 4 heteroatoms. The molecule has 2 aromatic rings. The van der Waals surface area contributed by atoms with Crippen LogP contribution < -0.4 is 5.32 Å². The van der Waals surface area contributed by atoms with Gasteiger partial charge >= 0.3 is 0 Å². The molecule has 0 amide bonds. The standard InChI is InChI=1S/C15H21N3S/c1-10(2)12(4)16-15-17-14(18-19-15)9-13-7-5-11(3)6-8-13/h5-8,10,12H,9H2,1-4H3,(H,16,17,18). The van der Waals surface area contributed by atoms with Gasteiger partial charge in [0.05, 0.1) is 0 Å². The quantitative estimate of drug-likeness (QED) is 0.899. The first-order valence-corrected chi connectivity index (χ1v) is 7.46. The molecule has 1 N–H and O–H groups in total. The predicted molar refractivity (Wildman–Crippen MR) is 81.8 cm³/mol. The third-order valence-corrected chi connectivity index (χ3v) is 3.99. The van der Waals surface area contributed by atoms with E-state index in [9.17, 15) is 0 Å². The minimum Gasteiger partial charge on any atom is -0.358 e. The Hall–Kier alpha value is -1.42. The highest BCUT2D eigenvalue weighted by molar-refractivity contribution is 7.09. The number of hydrogen-bond donors (Lipinski definition) is 1. The molecule has 0 fully saturated rings. The first-order chi connectivity index (χ1) is 9.04. The van der Waals surface area contributed by atoms with E-state index in [1.165, 1.54) is 22.7 Å². The summed E-state index contributed by atoms with van der Waals surface area (Å²) in [7, 11) is 0. The van der Waals surface area contributed by atoms with Gasteiger partial charge in [-0.25, -0.2) is 4.98 Å². The highest BCUT2D eigenvalue weighted by Gasteiger charge is 2.10. The van der Waals surface area contributed by atoms with Crippen LogP contribution in [0.1, 0.15) is 37.7 Å². The van der Waals surface area contributed by atoms with E-state index in [4.69, 9.17) is 0 Å². The summed E-state index contributed by atoms with van der Waals surface area (Å²) >= 11 is 1.45. The molecule has 2 rings (SSSR count). The fourth-order valence-corrected chi connectivity index (χ4v) is 2.32. The van der Waals surface area contributed by atoms with Crippen molar-refractivity contribution in [2.45, 2.75) is 40.2 Å². The van der Waals surface area contributed by atoms with E-state index in [1.807, 2.05) is 0 Å². The topological polar surface area (TPSA) is 37.8 Å². The van der Waals surface area contributed by atoms with Crippen molar-refractivity contribution in [1.29, 1.82) is 0 Å². The van der Waals surface area contributed by atoms with Crippen LogP contribution in [-0.4, -0.2) is 15.4 Å². The van der Waals surface area contributed by atoms with Gasteiger partial charge in [-0.3, -0.25) is 0 Å². The summed E-state index contributed by atoms with van der Waals surface area (Å²) < 4.78 is 4.41. The van der Waals surface area contributed by atoms with E-state index in [0.29, 0.717) is 12.0 Å². The van der Waals surface area contributed by atoms with Gasteiger partial charge in [0.25, 0.3) is 0 Å². The number of anilines is 1. The molecule has 0 saturated carbocycles. The van der Waals surface area contributed by atoms with Crippen LogP contribution in [0.4, 0.5) is 5.13 Å². The zero-order valence-corrected chi connectivity index (χ0v) is 12.8. The van der Waals surface area contributed by atoms with Gasteiger partial charge in [0.15, 0.2) is 0 Å². The van der Waals surface area contributed by atoms with Gasteiger partial charge in [-0.05, 0) is 25.3 Å². The van der Waals surface area contributed by atoms with Crippen molar-refractivity contribution in [1.82, 2.24) is 9.36 Å². The molecule has 0 aliphatic carbocycles. The summed E-state index contributed by atoms with van der Waals surface area (Å²) in [5, 5.41) is 4.32. The lowest BCUT2D eigenvalue weighted by Crippen LogP contribution is -2.21. The lowest BCUT2D eigenvalue weighted by atomic mass is 10.1. The molecule has 0 spiro atoms. The van der Waals surface area contributed by atoms with Crippen LogP contribution in [0.2, 0.25) is 0 Å². The average Bonchev–Trinajstić information content (AvgIpc) is 2.79. The smallest absolute Gasteiger partial charge is 0.202 e. The molecule has 0 aliphatic heterocycles. The molecule has 1 aromatic heterocycles. The lowest BCUT2D eigenvalue weighted by Gasteiger charge is -2.15. The SMILES string of the molecule is Cc1ccc(Cc2nsc(NC(C)C(C)C)n2)cc1. The van der Waals surface area contributed by atoms with Gasteiger partial charge in [0.1, 0.15) is 5.82 Å². The maximum absolute atomic E-state index is 4.55. The maximum atomic E-state index is 4.55. The number of aryl methyl sites for hydroxylation is 1. The van der Waals surface area contributed by atoms with Crippen LogP contribution in [0.3, 0.4) is 0 Å². The number of aromatic nitrogens is 2. The van der Waals surface area contributed by atoms with Crippen LogP contribution in [-0.2, 0) is 6.42 Å². The molecule has 0 aliphatic rings. The van der Waals surface area contributed by atoms with Crippen molar-refractivity contribution in [3.8, 4) is 0 Å². The summed E-state index contributed by atoms with van der Waals surface area (Å²) in [5.74, 6) is 1.48. The Morgan fingerprint density at radius 3 is 2.47 bits per heavy atom. The molecule has 1 aromatic carbocycles. The van der Waals surface area contributed by atoms with Crippen molar-refractivity contribution in [3.63, 3.8) is 0 Å². The molecular weight excluding hydrogens is 254 g/mol. The summed E-state index contributed by atoms with van der Waals surface area (Å²) in [6.07, 6.45) is 0.800. The first kappa shape index (κ1) is 14.0. The molecule has 0 radical (unpaired) electrons. The second-order valence-corrected chi connectivity index (χ2v) is 6.11. The number of nitrogens with one attached hydrogen (secondary N) is 1. The first-order valence-electron chi connectivity index (χ1n) is 6.69. The molecule has 0 bridgehead atoms. The van der Waals surface area contributed by atoms with Crippen LogP contribution >= 0.6 is 11.5 Å².